The van der Waals surface area contributed by atoms with E-state index in [1.807, 2.05) is 6.92 Å². The first-order valence-electron chi connectivity index (χ1n) is 8.12. The van der Waals surface area contributed by atoms with Crippen molar-refractivity contribution in [1.29, 1.82) is 0 Å². The minimum Gasteiger partial charge on any atom is -0.353 e. The summed E-state index contributed by atoms with van der Waals surface area (Å²) in [5, 5.41) is 0. The third-order valence-electron chi connectivity index (χ3n) is 5.49. The van der Waals surface area contributed by atoms with Crippen LogP contribution in [0.4, 0.5) is 0 Å². The number of ketones is 1. The summed E-state index contributed by atoms with van der Waals surface area (Å²) in [6.45, 7) is 5.13. The summed E-state index contributed by atoms with van der Waals surface area (Å²) in [6.07, 6.45) is 8.49. The van der Waals surface area contributed by atoms with Crippen molar-refractivity contribution in [3.8, 4) is 0 Å². The molecule has 3 atom stereocenters. The number of carbonyl (C=O) groups excluding carboxylic acids is 1. The van der Waals surface area contributed by atoms with Crippen LogP contribution in [0.15, 0.2) is 11.1 Å². The Morgan fingerprint density at radius 2 is 2.05 bits per heavy atom. The zero-order chi connectivity index (χ0) is 14.2. The second kappa shape index (κ2) is 5.61. The molecule has 2 fully saturated rings. The van der Waals surface area contributed by atoms with Gasteiger partial charge in [0.25, 0.3) is 0 Å². The fraction of sp³-hybridized carbons (Fsp3) is 0.824. The molecule has 1 unspecified atom stereocenters. The minimum atomic E-state index is -0.0251. The number of Topliss-reactive ketones (excluding diaryl/α,β-unsaturated/α-hetero) is 1. The quantitative estimate of drug-likeness (QED) is 0.771. The second-order valence-electron chi connectivity index (χ2n) is 6.76. The van der Waals surface area contributed by atoms with Crippen LogP contribution in [0, 0.1) is 5.41 Å². The van der Waals surface area contributed by atoms with Crippen LogP contribution in [-0.2, 0) is 14.3 Å². The fourth-order valence-electron chi connectivity index (χ4n) is 4.14. The van der Waals surface area contributed by atoms with Crippen molar-refractivity contribution in [2.24, 2.45) is 5.41 Å². The van der Waals surface area contributed by atoms with Crippen LogP contribution < -0.4 is 0 Å². The molecule has 0 aromatic rings. The third kappa shape index (κ3) is 2.46. The summed E-state index contributed by atoms with van der Waals surface area (Å²) >= 11 is 0. The molecule has 0 N–H and O–H groups in total. The maximum absolute atomic E-state index is 12.0. The van der Waals surface area contributed by atoms with Gasteiger partial charge in [-0.15, -0.1) is 0 Å². The molecule has 0 spiro atoms. The molecule has 20 heavy (non-hydrogen) atoms. The Morgan fingerprint density at radius 3 is 2.80 bits per heavy atom. The molecule has 1 saturated heterocycles. The first kappa shape index (κ1) is 14.3. The van der Waals surface area contributed by atoms with E-state index in [2.05, 4.69) is 6.92 Å². The van der Waals surface area contributed by atoms with Crippen LogP contribution >= 0.6 is 0 Å². The molecule has 3 heteroatoms. The lowest BCUT2D eigenvalue weighted by atomic mass is 9.62. The SMILES string of the molecule is CC1=C2CCC[C@@H](OC3CCCCO3)[C@]2(C)CCC1=O. The van der Waals surface area contributed by atoms with Gasteiger partial charge in [-0.25, -0.2) is 0 Å². The van der Waals surface area contributed by atoms with Gasteiger partial charge in [-0.1, -0.05) is 12.5 Å². The lowest BCUT2D eigenvalue weighted by Crippen LogP contribution is -2.45. The topological polar surface area (TPSA) is 35.5 Å². The first-order valence-corrected chi connectivity index (χ1v) is 8.12. The van der Waals surface area contributed by atoms with Crippen molar-refractivity contribution in [3.05, 3.63) is 11.1 Å². The maximum atomic E-state index is 12.0. The molecule has 1 heterocycles. The number of allylic oxidation sites excluding steroid dienone is 1. The number of fused-ring (bicyclic) bond motifs is 1. The lowest BCUT2D eigenvalue weighted by molar-refractivity contribution is -0.212. The van der Waals surface area contributed by atoms with Crippen LogP contribution in [0.3, 0.4) is 0 Å². The van der Waals surface area contributed by atoms with E-state index in [0.29, 0.717) is 12.2 Å². The van der Waals surface area contributed by atoms with Crippen molar-refractivity contribution in [1.82, 2.24) is 0 Å². The molecule has 0 aromatic heterocycles. The predicted octanol–water partition coefficient (Wildman–Crippen LogP) is 3.77. The van der Waals surface area contributed by atoms with Crippen LogP contribution in [0.2, 0.25) is 0 Å². The lowest BCUT2D eigenvalue weighted by Gasteiger charge is -2.47. The van der Waals surface area contributed by atoms with Gasteiger partial charge in [-0.2, -0.15) is 0 Å². The summed E-state index contributed by atoms with van der Waals surface area (Å²) in [7, 11) is 0. The Kier molecular flexibility index (Phi) is 4.00. The van der Waals surface area contributed by atoms with E-state index in [9.17, 15) is 4.79 Å². The number of hydrogen-bond acceptors (Lipinski definition) is 3. The summed E-state index contributed by atoms with van der Waals surface area (Å²) < 4.78 is 12.1. The molecular formula is C17H26O3. The van der Waals surface area contributed by atoms with Gasteiger partial charge in [0.05, 0.1) is 6.10 Å². The van der Waals surface area contributed by atoms with Gasteiger partial charge in [-0.3, -0.25) is 4.79 Å². The van der Waals surface area contributed by atoms with E-state index in [1.165, 1.54) is 12.0 Å². The highest BCUT2D eigenvalue weighted by molar-refractivity contribution is 5.96. The summed E-state index contributed by atoms with van der Waals surface area (Å²) in [4.78, 5) is 12.0. The summed E-state index contributed by atoms with van der Waals surface area (Å²) in [5.74, 6) is 0.340. The van der Waals surface area contributed by atoms with Gasteiger partial charge in [0, 0.05) is 18.4 Å². The molecule has 1 saturated carbocycles. The number of rotatable bonds is 2. The monoisotopic (exact) mass is 278 g/mol. The highest BCUT2D eigenvalue weighted by Crippen LogP contribution is 2.50. The Morgan fingerprint density at radius 1 is 1.20 bits per heavy atom. The molecule has 3 rings (SSSR count). The Labute approximate surface area is 121 Å². The van der Waals surface area contributed by atoms with E-state index >= 15 is 0 Å². The normalized spacial score (nSPS) is 38.8. The van der Waals surface area contributed by atoms with Crippen LogP contribution in [0.1, 0.15) is 65.2 Å². The highest BCUT2D eigenvalue weighted by atomic mass is 16.7. The molecule has 0 bridgehead atoms. The standard InChI is InChI=1S/C17H26O3/c1-12-13-6-5-7-15(17(13,2)10-9-14(12)18)20-16-8-3-4-11-19-16/h15-16H,3-11H2,1-2H3/t15-,16?,17-/m1/s1. The number of carbonyl (C=O) groups is 1. The van der Waals surface area contributed by atoms with Crippen LogP contribution in [0.25, 0.3) is 0 Å². The Hall–Kier alpha value is -0.670. The minimum absolute atomic E-state index is 0.0251. The number of hydrogen-bond donors (Lipinski definition) is 0. The summed E-state index contributed by atoms with van der Waals surface area (Å²) in [6, 6.07) is 0. The van der Waals surface area contributed by atoms with Crippen molar-refractivity contribution in [3.63, 3.8) is 0 Å². The van der Waals surface area contributed by atoms with Gasteiger partial charge in [0.1, 0.15) is 0 Å². The predicted molar refractivity (Wildman–Crippen MR) is 77.4 cm³/mol. The Balaban J connectivity index is 1.79. The molecule has 0 aromatic carbocycles. The van der Waals surface area contributed by atoms with Gasteiger partial charge in [-0.05, 0) is 57.4 Å². The average molecular weight is 278 g/mol. The molecule has 1 aliphatic heterocycles. The van der Waals surface area contributed by atoms with Crippen LogP contribution in [0.5, 0.6) is 0 Å². The molecule has 3 nitrogen and oxygen atoms in total. The van der Waals surface area contributed by atoms with E-state index in [0.717, 1.165) is 50.7 Å². The van der Waals surface area contributed by atoms with Crippen molar-refractivity contribution < 1.29 is 14.3 Å². The van der Waals surface area contributed by atoms with E-state index in [4.69, 9.17) is 9.47 Å². The molecular weight excluding hydrogens is 252 g/mol. The molecule has 3 aliphatic rings. The Bertz CT molecular complexity index is 420. The van der Waals surface area contributed by atoms with E-state index in [-0.39, 0.29) is 17.8 Å². The second-order valence-corrected chi connectivity index (χ2v) is 6.76. The molecule has 0 amide bonds. The maximum Gasteiger partial charge on any atom is 0.158 e. The molecule has 2 aliphatic carbocycles. The molecule has 112 valence electrons. The van der Waals surface area contributed by atoms with Gasteiger partial charge in [0.2, 0.25) is 0 Å². The van der Waals surface area contributed by atoms with Gasteiger partial charge < -0.3 is 9.47 Å². The van der Waals surface area contributed by atoms with Gasteiger partial charge >= 0.3 is 0 Å². The average Bonchev–Trinajstić information content (AvgIpc) is 2.46. The zero-order valence-electron chi connectivity index (χ0n) is 12.7. The van der Waals surface area contributed by atoms with Gasteiger partial charge in [0.15, 0.2) is 12.1 Å². The zero-order valence-corrected chi connectivity index (χ0v) is 12.7. The van der Waals surface area contributed by atoms with Crippen LogP contribution in [-0.4, -0.2) is 24.8 Å². The summed E-state index contributed by atoms with van der Waals surface area (Å²) in [5.41, 5.74) is 2.43. The highest BCUT2D eigenvalue weighted by Gasteiger charge is 2.45. The molecule has 0 radical (unpaired) electrons. The van der Waals surface area contributed by atoms with Crippen molar-refractivity contribution >= 4 is 5.78 Å². The fourth-order valence-corrected chi connectivity index (χ4v) is 4.14. The van der Waals surface area contributed by atoms with Crippen molar-refractivity contribution in [2.75, 3.05) is 6.61 Å². The smallest absolute Gasteiger partial charge is 0.158 e. The third-order valence-corrected chi connectivity index (χ3v) is 5.49. The number of ether oxygens (including phenoxy) is 2. The largest absolute Gasteiger partial charge is 0.353 e. The van der Waals surface area contributed by atoms with Crippen molar-refractivity contribution in [2.45, 2.75) is 77.6 Å². The van der Waals surface area contributed by atoms with E-state index < -0.39 is 0 Å². The van der Waals surface area contributed by atoms with E-state index in [1.54, 1.807) is 0 Å². The first-order chi connectivity index (χ1) is 9.61.